The quantitative estimate of drug-likeness (QED) is 0.766. The van der Waals surface area contributed by atoms with Crippen molar-refractivity contribution in [3.63, 3.8) is 0 Å². The molecule has 0 radical (unpaired) electrons. The molecule has 0 saturated heterocycles. The summed E-state index contributed by atoms with van der Waals surface area (Å²) in [6, 6.07) is 12.7. The van der Waals surface area contributed by atoms with Crippen molar-refractivity contribution in [1.29, 1.82) is 5.26 Å². The normalized spacial score (nSPS) is 15.6. The molecule has 0 bridgehead atoms. The minimum absolute atomic E-state index is 0.0289. The lowest BCUT2D eigenvalue weighted by Gasteiger charge is -2.10. The van der Waals surface area contributed by atoms with Crippen LogP contribution in [0.15, 0.2) is 35.5 Å². The SMILES string of the molecule is CC(C#N)CSc1nnc(C2CC2)n1Cc1ccccc1. The molecule has 3 rings (SSSR count). The fraction of sp³-hybridized carbons (Fsp3) is 0.438. The van der Waals surface area contributed by atoms with Crippen molar-refractivity contribution >= 4 is 11.8 Å². The molecule has 1 aliphatic carbocycles. The highest BCUT2D eigenvalue weighted by Gasteiger charge is 2.30. The van der Waals surface area contributed by atoms with Crippen LogP contribution < -0.4 is 0 Å². The summed E-state index contributed by atoms with van der Waals surface area (Å²) in [5.74, 6) is 2.46. The molecule has 1 atom stereocenters. The molecule has 1 aromatic heterocycles. The third-order valence-electron chi connectivity index (χ3n) is 3.55. The molecule has 1 aliphatic rings. The molecular weight excluding hydrogens is 280 g/mol. The van der Waals surface area contributed by atoms with Gasteiger partial charge in [-0.05, 0) is 25.3 Å². The molecule has 21 heavy (non-hydrogen) atoms. The first kappa shape index (κ1) is 14.2. The van der Waals surface area contributed by atoms with Gasteiger partial charge in [0.1, 0.15) is 5.82 Å². The van der Waals surface area contributed by atoms with Crippen LogP contribution in [0, 0.1) is 17.2 Å². The number of hydrogen-bond donors (Lipinski definition) is 0. The average Bonchev–Trinajstić information content (AvgIpc) is 3.29. The number of aromatic nitrogens is 3. The molecule has 5 heteroatoms. The zero-order valence-electron chi connectivity index (χ0n) is 12.1. The summed E-state index contributed by atoms with van der Waals surface area (Å²) in [6.45, 7) is 2.75. The second-order valence-electron chi connectivity index (χ2n) is 5.53. The zero-order chi connectivity index (χ0) is 14.7. The smallest absolute Gasteiger partial charge is 0.191 e. The Morgan fingerprint density at radius 3 is 2.76 bits per heavy atom. The van der Waals surface area contributed by atoms with E-state index in [0.717, 1.165) is 23.3 Å². The Morgan fingerprint density at radius 2 is 2.10 bits per heavy atom. The van der Waals surface area contributed by atoms with Crippen LogP contribution in [0.25, 0.3) is 0 Å². The van der Waals surface area contributed by atoms with Crippen LogP contribution in [-0.4, -0.2) is 20.5 Å². The maximum absolute atomic E-state index is 8.91. The van der Waals surface area contributed by atoms with Gasteiger partial charge in [-0.25, -0.2) is 0 Å². The first-order valence-corrected chi connectivity index (χ1v) is 8.26. The van der Waals surface area contributed by atoms with Crippen molar-refractivity contribution in [2.45, 2.75) is 37.4 Å². The van der Waals surface area contributed by atoms with E-state index in [1.807, 2.05) is 13.0 Å². The van der Waals surface area contributed by atoms with E-state index in [-0.39, 0.29) is 5.92 Å². The summed E-state index contributed by atoms with van der Waals surface area (Å²) >= 11 is 1.63. The number of nitrogens with zero attached hydrogens (tertiary/aromatic N) is 4. The number of thioether (sulfide) groups is 1. The van der Waals surface area contributed by atoms with E-state index in [1.165, 1.54) is 18.4 Å². The van der Waals surface area contributed by atoms with Gasteiger partial charge in [-0.1, -0.05) is 42.1 Å². The lowest BCUT2D eigenvalue weighted by molar-refractivity contribution is 0.666. The number of nitriles is 1. The Morgan fingerprint density at radius 1 is 1.33 bits per heavy atom. The van der Waals surface area contributed by atoms with Crippen molar-refractivity contribution in [3.05, 3.63) is 41.7 Å². The van der Waals surface area contributed by atoms with E-state index in [4.69, 9.17) is 5.26 Å². The van der Waals surface area contributed by atoms with Gasteiger partial charge in [-0.3, -0.25) is 0 Å². The summed E-state index contributed by atoms with van der Waals surface area (Å²) in [4.78, 5) is 0. The Bertz CT molecular complexity index is 640. The highest BCUT2D eigenvalue weighted by Crippen LogP contribution is 2.40. The fourth-order valence-electron chi connectivity index (χ4n) is 2.20. The summed E-state index contributed by atoms with van der Waals surface area (Å²) in [6.07, 6.45) is 2.43. The molecule has 1 heterocycles. The lowest BCUT2D eigenvalue weighted by Crippen LogP contribution is -2.06. The molecule has 4 nitrogen and oxygen atoms in total. The molecule has 1 aromatic carbocycles. The Labute approximate surface area is 129 Å². The predicted molar refractivity (Wildman–Crippen MR) is 83.0 cm³/mol. The molecular formula is C16H18N4S. The number of benzene rings is 1. The van der Waals surface area contributed by atoms with Crippen molar-refractivity contribution < 1.29 is 0 Å². The van der Waals surface area contributed by atoms with Gasteiger partial charge in [0.15, 0.2) is 5.16 Å². The highest BCUT2D eigenvalue weighted by atomic mass is 32.2. The first-order valence-electron chi connectivity index (χ1n) is 7.27. The van der Waals surface area contributed by atoms with Crippen LogP contribution in [0.4, 0.5) is 0 Å². The van der Waals surface area contributed by atoms with E-state index in [0.29, 0.717) is 5.92 Å². The molecule has 1 fully saturated rings. The minimum Gasteiger partial charge on any atom is -0.301 e. The van der Waals surface area contributed by atoms with Crippen LogP contribution in [0.2, 0.25) is 0 Å². The third kappa shape index (κ3) is 3.45. The molecule has 0 aliphatic heterocycles. The fourth-order valence-corrected chi connectivity index (χ4v) is 3.09. The molecule has 1 unspecified atom stereocenters. The zero-order valence-corrected chi connectivity index (χ0v) is 12.9. The first-order chi connectivity index (χ1) is 10.3. The van der Waals surface area contributed by atoms with Crippen LogP contribution in [0.1, 0.15) is 37.1 Å². The summed E-state index contributed by atoms with van der Waals surface area (Å²) in [5.41, 5.74) is 1.26. The van der Waals surface area contributed by atoms with Crippen LogP contribution in [-0.2, 0) is 6.54 Å². The third-order valence-corrected chi connectivity index (χ3v) is 4.78. The molecule has 0 N–H and O–H groups in total. The number of hydrogen-bond acceptors (Lipinski definition) is 4. The molecule has 0 amide bonds. The van der Waals surface area contributed by atoms with Gasteiger partial charge in [0.2, 0.25) is 0 Å². The van der Waals surface area contributed by atoms with Crippen molar-refractivity contribution in [1.82, 2.24) is 14.8 Å². The molecule has 1 saturated carbocycles. The number of rotatable bonds is 6. The van der Waals surface area contributed by atoms with E-state index in [9.17, 15) is 0 Å². The van der Waals surface area contributed by atoms with E-state index in [1.54, 1.807) is 11.8 Å². The van der Waals surface area contributed by atoms with Crippen molar-refractivity contribution in [2.75, 3.05) is 5.75 Å². The van der Waals surface area contributed by atoms with Gasteiger partial charge in [0.25, 0.3) is 0 Å². The van der Waals surface area contributed by atoms with E-state index in [2.05, 4.69) is 45.1 Å². The largest absolute Gasteiger partial charge is 0.301 e. The highest BCUT2D eigenvalue weighted by molar-refractivity contribution is 7.99. The Balaban J connectivity index is 1.81. The van der Waals surface area contributed by atoms with Crippen LogP contribution in [0.3, 0.4) is 0 Å². The second-order valence-corrected chi connectivity index (χ2v) is 6.52. The summed E-state index contributed by atoms with van der Waals surface area (Å²) < 4.78 is 2.22. The second kappa shape index (κ2) is 6.31. The van der Waals surface area contributed by atoms with Gasteiger partial charge in [0, 0.05) is 11.7 Å². The van der Waals surface area contributed by atoms with E-state index < -0.39 is 0 Å². The lowest BCUT2D eigenvalue weighted by atomic mass is 10.2. The predicted octanol–water partition coefficient (Wildman–Crippen LogP) is 3.46. The Hall–Kier alpha value is -1.80. The monoisotopic (exact) mass is 298 g/mol. The maximum atomic E-state index is 8.91. The standard InChI is InChI=1S/C16H18N4S/c1-12(9-17)11-21-16-19-18-15(14-7-8-14)20(16)10-13-5-3-2-4-6-13/h2-6,12,14H,7-8,10-11H2,1H3. The summed E-state index contributed by atoms with van der Waals surface area (Å²) in [7, 11) is 0. The summed E-state index contributed by atoms with van der Waals surface area (Å²) in [5, 5.41) is 18.6. The topological polar surface area (TPSA) is 54.5 Å². The molecule has 0 spiro atoms. The molecule has 2 aromatic rings. The Kier molecular flexibility index (Phi) is 4.26. The van der Waals surface area contributed by atoms with Gasteiger partial charge >= 0.3 is 0 Å². The van der Waals surface area contributed by atoms with Crippen LogP contribution >= 0.6 is 11.8 Å². The maximum Gasteiger partial charge on any atom is 0.191 e. The molecule has 108 valence electrons. The average molecular weight is 298 g/mol. The van der Waals surface area contributed by atoms with Crippen molar-refractivity contribution in [3.8, 4) is 6.07 Å². The van der Waals surface area contributed by atoms with Crippen LogP contribution in [0.5, 0.6) is 0 Å². The van der Waals surface area contributed by atoms with Crippen molar-refractivity contribution in [2.24, 2.45) is 5.92 Å². The van der Waals surface area contributed by atoms with E-state index >= 15 is 0 Å². The van der Waals surface area contributed by atoms with Gasteiger partial charge in [-0.2, -0.15) is 5.26 Å². The van der Waals surface area contributed by atoms with Gasteiger partial charge in [0.05, 0.1) is 18.5 Å². The van der Waals surface area contributed by atoms with Gasteiger partial charge in [-0.15, -0.1) is 10.2 Å². The van der Waals surface area contributed by atoms with Gasteiger partial charge < -0.3 is 4.57 Å². The minimum atomic E-state index is 0.0289.